The second-order valence-corrected chi connectivity index (χ2v) is 4.82. The summed E-state index contributed by atoms with van der Waals surface area (Å²) in [5, 5.41) is 20.7. The maximum Gasteiger partial charge on any atom is 0.314 e. The fraction of sp³-hybridized carbons (Fsp3) is 0.538. The maximum absolute atomic E-state index is 11.0. The van der Waals surface area contributed by atoms with Gasteiger partial charge in [0.2, 0.25) is 5.75 Å². The third-order valence-electron chi connectivity index (χ3n) is 3.65. The Bertz CT molecular complexity index is 506. The van der Waals surface area contributed by atoms with Crippen LogP contribution in [-0.2, 0) is 4.74 Å². The molecule has 0 aliphatic carbocycles. The van der Waals surface area contributed by atoms with E-state index in [9.17, 15) is 15.2 Å². The Morgan fingerprint density at radius 3 is 2.62 bits per heavy atom. The number of aromatic hydroxyl groups is 1. The molecule has 1 heterocycles. The first-order valence-corrected chi connectivity index (χ1v) is 6.43. The van der Waals surface area contributed by atoms with E-state index < -0.39 is 10.7 Å². The zero-order valence-electron chi connectivity index (χ0n) is 11.7. The Hall–Kier alpha value is -1.57. The monoisotopic (exact) mass is 318 g/mol. The molecule has 0 spiro atoms. The summed E-state index contributed by atoms with van der Waals surface area (Å²) in [6.07, 6.45) is 1.64. The van der Waals surface area contributed by atoms with Crippen LogP contribution in [0.25, 0.3) is 0 Å². The van der Waals surface area contributed by atoms with Crippen molar-refractivity contribution in [3.8, 4) is 11.5 Å². The highest BCUT2D eigenvalue weighted by molar-refractivity contribution is 5.85. The van der Waals surface area contributed by atoms with Gasteiger partial charge in [0.25, 0.3) is 0 Å². The van der Waals surface area contributed by atoms with Crippen molar-refractivity contribution < 1.29 is 19.5 Å². The highest BCUT2D eigenvalue weighted by atomic mass is 35.5. The van der Waals surface area contributed by atoms with Gasteiger partial charge in [-0.1, -0.05) is 0 Å². The molecule has 0 radical (unpaired) electrons. The molecule has 1 aliphatic rings. The molecule has 1 aliphatic heterocycles. The van der Waals surface area contributed by atoms with Gasteiger partial charge in [0.05, 0.1) is 12.0 Å². The van der Waals surface area contributed by atoms with Gasteiger partial charge in [0.15, 0.2) is 5.75 Å². The van der Waals surface area contributed by atoms with Crippen molar-refractivity contribution in [1.29, 1.82) is 0 Å². The van der Waals surface area contributed by atoms with E-state index in [1.807, 2.05) is 0 Å². The molecule has 21 heavy (non-hydrogen) atoms. The molecule has 1 atom stereocenters. The third kappa shape index (κ3) is 3.75. The van der Waals surface area contributed by atoms with Crippen LogP contribution in [0.3, 0.4) is 0 Å². The lowest BCUT2D eigenvalue weighted by atomic mass is 9.87. The predicted molar refractivity (Wildman–Crippen MR) is 79.0 cm³/mol. The second-order valence-electron chi connectivity index (χ2n) is 4.82. The standard InChI is InChI=1S/C13H18N2O5.ClH/c1-19-11-7-9(6-10(13(11)16)15(17)18)12(14)8-2-4-20-5-3-8;/h6-8,12,16H,2-5,14H2,1H3;1H/t12-;/m1./s1. The molecule has 1 aromatic carbocycles. The second kappa shape index (κ2) is 7.44. The van der Waals surface area contributed by atoms with Crippen LogP contribution in [0, 0.1) is 16.0 Å². The third-order valence-corrected chi connectivity index (χ3v) is 3.65. The van der Waals surface area contributed by atoms with E-state index >= 15 is 0 Å². The van der Waals surface area contributed by atoms with Gasteiger partial charge >= 0.3 is 5.69 Å². The van der Waals surface area contributed by atoms with E-state index in [2.05, 4.69) is 0 Å². The normalized spacial score (nSPS) is 16.9. The molecule has 0 amide bonds. The SMILES string of the molecule is COc1cc([C@H](N)C2CCOCC2)cc([N+](=O)[O-])c1O.Cl. The first kappa shape index (κ1) is 17.5. The lowest BCUT2D eigenvalue weighted by Crippen LogP contribution is -2.27. The summed E-state index contributed by atoms with van der Waals surface area (Å²) in [5.74, 6) is -0.199. The Morgan fingerprint density at radius 1 is 1.48 bits per heavy atom. The number of nitrogens with two attached hydrogens (primary N) is 1. The molecule has 2 rings (SSSR count). The summed E-state index contributed by atoms with van der Waals surface area (Å²) in [6.45, 7) is 1.30. The van der Waals surface area contributed by atoms with Crippen LogP contribution in [0.1, 0.15) is 24.4 Å². The summed E-state index contributed by atoms with van der Waals surface area (Å²) in [7, 11) is 1.35. The summed E-state index contributed by atoms with van der Waals surface area (Å²) in [5.41, 5.74) is 6.41. The van der Waals surface area contributed by atoms with Crippen LogP contribution in [0.5, 0.6) is 11.5 Å². The highest BCUT2D eigenvalue weighted by Gasteiger charge is 2.27. The highest BCUT2D eigenvalue weighted by Crippen LogP contribution is 2.40. The van der Waals surface area contributed by atoms with Crippen molar-refractivity contribution in [1.82, 2.24) is 0 Å². The van der Waals surface area contributed by atoms with Gasteiger partial charge in [-0.2, -0.15) is 0 Å². The number of ether oxygens (including phenoxy) is 2. The molecule has 0 aromatic heterocycles. The summed E-state index contributed by atoms with van der Waals surface area (Å²) in [6, 6.07) is 2.53. The van der Waals surface area contributed by atoms with Gasteiger partial charge in [-0.25, -0.2) is 0 Å². The van der Waals surface area contributed by atoms with E-state index in [-0.39, 0.29) is 35.8 Å². The van der Waals surface area contributed by atoms with Gasteiger partial charge in [0.1, 0.15) is 0 Å². The van der Waals surface area contributed by atoms with Crippen LogP contribution < -0.4 is 10.5 Å². The fourth-order valence-electron chi connectivity index (χ4n) is 2.45. The topological polar surface area (TPSA) is 108 Å². The summed E-state index contributed by atoms with van der Waals surface area (Å²) >= 11 is 0. The number of nitro groups is 1. The largest absolute Gasteiger partial charge is 0.500 e. The first-order valence-electron chi connectivity index (χ1n) is 6.43. The molecule has 0 bridgehead atoms. The molecular formula is C13H19ClN2O5. The lowest BCUT2D eigenvalue weighted by molar-refractivity contribution is -0.386. The van der Waals surface area contributed by atoms with Gasteiger partial charge in [0, 0.05) is 25.3 Å². The minimum atomic E-state index is -0.641. The average Bonchev–Trinajstić information content (AvgIpc) is 2.47. The van der Waals surface area contributed by atoms with Crippen LogP contribution >= 0.6 is 12.4 Å². The number of halogens is 1. The minimum absolute atomic E-state index is 0. The number of phenols is 1. The van der Waals surface area contributed by atoms with Crippen molar-refractivity contribution in [2.75, 3.05) is 20.3 Å². The Kier molecular flexibility index (Phi) is 6.19. The molecule has 0 saturated carbocycles. The van der Waals surface area contributed by atoms with Crippen molar-refractivity contribution in [3.05, 3.63) is 27.8 Å². The van der Waals surface area contributed by atoms with Crippen molar-refractivity contribution in [2.45, 2.75) is 18.9 Å². The molecule has 8 heteroatoms. The number of phenolic OH excluding ortho intramolecular Hbond substituents is 1. The van der Waals surface area contributed by atoms with Crippen LogP contribution in [0.2, 0.25) is 0 Å². The molecular weight excluding hydrogens is 300 g/mol. The van der Waals surface area contributed by atoms with E-state index in [4.69, 9.17) is 15.2 Å². The number of nitro benzene ring substituents is 1. The number of hydrogen-bond acceptors (Lipinski definition) is 6. The molecule has 118 valence electrons. The summed E-state index contributed by atoms with van der Waals surface area (Å²) in [4.78, 5) is 10.3. The van der Waals surface area contributed by atoms with Crippen LogP contribution in [0.15, 0.2) is 12.1 Å². The molecule has 0 unspecified atom stereocenters. The zero-order valence-corrected chi connectivity index (χ0v) is 12.5. The van der Waals surface area contributed by atoms with Gasteiger partial charge in [-0.05, 0) is 30.4 Å². The Morgan fingerprint density at radius 2 is 2.10 bits per heavy atom. The van der Waals surface area contributed by atoms with Crippen LogP contribution in [0.4, 0.5) is 5.69 Å². The van der Waals surface area contributed by atoms with Crippen molar-refractivity contribution >= 4 is 18.1 Å². The van der Waals surface area contributed by atoms with Crippen molar-refractivity contribution in [3.63, 3.8) is 0 Å². The lowest BCUT2D eigenvalue weighted by Gasteiger charge is -2.28. The number of nitrogens with zero attached hydrogens (tertiary/aromatic N) is 1. The molecule has 1 aromatic rings. The molecule has 1 saturated heterocycles. The van der Waals surface area contributed by atoms with E-state index in [0.29, 0.717) is 18.8 Å². The van der Waals surface area contributed by atoms with E-state index in [1.54, 1.807) is 6.07 Å². The molecule has 3 N–H and O–H groups in total. The van der Waals surface area contributed by atoms with Crippen LogP contribution in [-0.4, -0.2) is 30.4 Å². The van der Waals surface area contributed by atoms with Crippen molar-refractivity contribution in [2.24, 2.45) is 11.7 Å². The van der Waals surface area contributed by atoms with Gasteiger partial charge in [-0.15, -0.1) is 12.4 Å². The Balaban J connectivity index is 0.00000220. The van der Waals surface area contributed by atoms with E-state index in [0.717, 1.165) is 12.8 Å². The first-order chi connectivity index (χ1) is 9.54. The number of rotatable bonds is 4. The smallest absolute Gasteiger partial charge is 0.314 e. The summed E-state index contributed by atoms with van der Waals surface area (Å²) < 4.78 is 10.3. The van der Waals surface area contributed by atoms with Gasteiger partial charge < -0.3 is 20.3 Å². The van der Waals surface area contributed by atoms with Gasteiger partial charge in [-0.3, -0.25) is 10.1 Å². The number of benzene rings is 1. The Labute approximate surface area is 128 Å². The maximum atomic E-state index is 11.0. The minimum Gasteiger partial charge on any atom is -0.500 e. The van der Waals surface area contributed by atoms with E-state index in [1.165, 1.54) is 13.2 Å². The molecule has 7 nitrogen and oxygen atoms in total. The quantitative estimate of drug-likeness (QED) is 0.650. The average molecular weight is 319 g/mol. The predicted octanol–water partition coefficient (Wildman–Crippen LogP) is 2.16. The number of methoxy groups -OCH3 is 1. The zero-order chi connectivity index (χ0) is 14.7. The molecule has 1 fully saturated rings. The number of hydrogen-bond donors (Lipinski definition) is 2. The fourth-order valence-corrected chi connectivity index (χ4v) is 2.45.